The molecule has 5 heteroatoms. The van der Waals surface area contributed by atoms with Gasteiger partial charge in [-0.25, -0.2) is 4.39 Å². The fraction of sp³-hybridized carbons (Fsp3) is 0.125. The molecular formula is C16H14FN3O. The van der Waals surface area contributed by atoms with Crippen LogP contribution in [0.3, 0.4) is 0 Å². The summed E-state index contributed by atoms with van der Waals surface area (Å²) in [5.74, 6) is -1.20. The molecule has 0 spiro atoms. The van der Waals surface area contributed by atoms with Crippen LogP contribution in [0.2, 0.25) is 0 Å². The van der Waals surface area contributed by atoms with Crippen molar-refractivity contribution in [3.05, 3.63) is 65.5 Å². The quantitative estimate of drug-likeness (QED) is 0.883. The average molecular weight is 283 g/mol. The molecule has 0 aliphatic heterocycles. The number of nitrogens with one attached hydrogen (secondary N) is 1. The van der Waals surface area contributed by atoms with Gasteiger partial charge in [0.05, 0.1) is 5.69 Å². The van der Waals surface area contributed by atoms with Crippen molar-refractivity contribution in [2.45, 2.75) is 12.5 Å². The Balaban J connectivity index is 2.24. The summed E-state index contributed by atoms with van der Waals surface area (Å²) in [7, 11) is 0. The first-order chi connectivity index (χ1) is 10.1. The number of hydrogen-bond acceptors (Lipinski definition) is 3. The number of benzene rings is 2. The molecule has 2 aromatic carbocycles. The number of nitriles is 1. The Kier molecular flexibility index (Phi) is 4.52. The molecule has 1 amide bonds. The van der Waals surface area contributed by atoms with Crippen molar-refractivity contribution in [2.75, 3.05) is 5.32 Å². The van der Waals surface area contributed by atoms with Gasteiger partial charge in [0.15, 0.2) is 0 Å². The van der Waals surface area contributed by atoms with Gasteiger partial charge < -0.3 is 11.1 Å². The zero-order chi connectivity index (χ0) is 15.2. The molecule has 0 aromatic heterocycles. The standard InChI is InChI=1S/C16H14FN3O/c17-13-7-4-8-14(12(13)10-18)20-15(16(19)21)9-11-5-2-1-3-6-11/h1-8,15,20H,9H2,(H2,19,21)/t15-/m1/s1. The molecule has 0 heterocycles. The molecule has 0 saturated heterocycles. The number of halogens is 1. The number of nitrogens with two attached hydrogens (primary N) is 1. The molecule has 0 bridgehead atoms. The van der Waals surface area contributed by atoms with E-state index in [0.717, 1.165) is 5.56 Å². The smallest absolute Gasteiger partial charge is 0.240 e. The normalized spacial score (nSPS) is 11.4. The highest BCUT2D eigenvalue weighted by Crippen LogP contribution is 2.19. The molecule has 2 aromatic rings. The van der Waals surface area contributed by atoms with E-state index < -0.39 is 17.8 Å². The minimum absolute atomic E-state index is 0.128. The molecule has 0 aliphatic rings. The largest absolute Gasteiger partial charge is 0.372 e. The Hall–Kier alpha value is -2.87. The fourth-order valence-corrected chi connectivity index (χ4v) is 2.02. The zero-order valence-corrected chi connectivity index (χ0v) is 11.2. The van der Waals surface area contributed by atoms with E-state index in [-0.39, 0.29) is 11.3 Å². The van der Waals surface area contributed by atoms with Crippen LogP contribution in [0.15, 0.2) is 48.5 Å². The molecule has 0 aliphatic carbocycles. The summed E-state index contributed by atoms with van der Waals surface area (Å²) in [6.45, 7) is 0. The van der Waals surface area contributed by atoms with E-state index in [1.54, 1.807) is 12.1 Å². The molecule has 3 N–H and O–H groups in total. The molecule has 2 rings (SSSR count). The van der Waals surface area contributed by atoms with E-state index >= 15 is 0 Å². The molecule has 0 radical (unpaired) electrons. The molecule has 4 nitrogen and oxygen atoms in total. The van der Waals surface area contributed by atoms with E-state index in [9.17, 15) is 9.18 Å². The van der Waals surface area contributed by atoms with Crippen LogP contribution in [-0.4, -0.2) is 11.9 Å². The van der Waals surface area contributed by atoms with E-state index in [2.05, 4.69) is 5.32 Å². The Morgan fingerprint density at radius 3 is 2.57 bits per heavy atom. The maximum atomic E-state index is 13.6. The summed E-state index contributed by atoms with van der Waals surface area (Å²) in [5, 5.41) is 11.8. The van der Waals surface area contributed by atoms with Crippen LogP contribution in [0, 0.1) is 17.1 Å². The second-order valence-corrected chi connectivity index (χ2v) is 4.56. The predicted octanol–water partition coefficient (Wildman–Crippen LogP) is 2.21. The minimum Gasteiger partial charge on any atom is -0.372 e. The third kappa shape index (κ3) is 3.57. The Bertz CT molecular complexity index is 680. The van der Waals surface area contributed by atoms with E-state index in [1.165, 1.54) is 12.1 Å². The topological polar surface area (TPSA) is 78.9 Å². The van der Waals surface area contributed by atoms with E-state index in [0.29, 0.717) is 6.42 Å². The molecule has 0 unspecified atom stereocenters. The highest BCUT2D eigenvalue weighted by Gasteiger charge is 2.18. The number of rotatable bonds is 5. The number of carbonyl (C=O) groups is 1. The second-order valence-electron chi connectivity index (χ2n) is 4.56. The summed E-state index contributed by atoms with van der Waals surface area (Å²) in [5.41, 5.74) is 6.44. The van der Waals surface area contributed by atoms with Crippen molar-refractivity contribution in [1.29, 1.82) is 5.26 Å². The van der Waals surface area contributed by atoms with Gasteiger partial charge in [-0.15, -0.1) is 0 Å². The van der Waals surface area contributed by atoms with Gasteiger partial charge in [0, 0.05) is 6.42 Å². The summed E-state index contributed by atoms with van der Waals surface area (Å²) >= 11 is 0. The molecule has 21 heavy (non-hydrogen) atoms. The summed E-state index contributed by atoms with van der Waals surface area (Å²) in [6.07, 6.45) is 0.359. The average Bonchev–Trinajstić information content (AvgIpc) is 2.48. The maximum Gasteiger partial charge on any atom is 0.240 e. The van der Waals surface area contributed by atoms with Gasteiger partial charge in [0.25, 0.3) is 0 Å². The van der Waals surface area contributed by atoms with Crippen LogP contribution in [0.5, 0.6) is 0 Å². The number of hydrogen-bond donors (Lipinski definition) is 2. The van der Waals surface area contributed by atoms with Crippen LogP contribution in [0.1, 0.15) is 11.1 Å². The monoisotopic (exact) mass is 283 g/mol. The Morgan fingerprint density at radius 2 is 1.95 bits per heavy atom. The fourth-order valence-electron chi connectivity index (χ4n) is 2.02. The van der Waals surface area contributed by atoms with E-state index in [4.69, 9.17) is 11.0 Å². The number of anilines is 1. The van der Waals surface area contributed by atoms with Gasteiger partial charge in [-0.1, -0.05) is 36.4 Å². The van der Waals surface area contributed by atoms with Crippen molar-refractivity contribution in [2.24, 2.45) is 5.73 Å². The maximum absolute atomic E-state index is 13.6. The van der Waals surface area contributed by atoms with Crippen molar-refractivity contribution in [1.82, 2.24) is 0 Å². The molecule has 1 atom stereocenters. The van der Waals surface area contributed by atoms with Gasteiger partial charge in [-0.3, -0.25) is 4.79 Å². The van der Waals surface area contributed by atoms with Crippen molar-refractivity contribution < 1.29 is 9.18 Å². The number of primary amides is 1. The van der Waals surface area contributed by atoms with Crippen LogP contribution in [0.25, 0.3) is 0 Å². The van der Waals surface area contributed by atoms with Gasteiger partial charge in [0.1, 0.15) is 23.5 Å². The Labute approximate surface area is 122 Å². The first-order valence-corrected chi connectivity index (χ1v) is 6.40. The lowest BCUT2D eigenvalue weighted by atomic mass is 10.0. The van der Waals surface area contributed by atoms with E-state index in [1.807, 2.05) is 30.3 Å². The highest BCUT2D eigenvalue weighted by molar-refractivity contribution is 5.84. The number of amides is 1. The van der Waals surface area contributed by atoms with Gasteiger partial charge in [-0.05, 0) is 17.7 Å². The Morgan fingerprint density at radius 1 is 1.24 bits per heavy atom. The second kappa shape index (κ2) is 6.53. The van der Waals surface area contributed by atoms with Crippen LogP contribution in [-0.2, 0) is 11.2 Å². The summed E-state index contributed by atoms with van der Waals surface area (Å²) in [4.78, 5) is 11.6. The summed E-state index contributed by atoms with van der Waals surface area (Å²) < 4.78 is 13.6. The molecule has 106 valence electrons. The predicted molar refractivity (Wildman–Crippen MR) is 77.9 cm³/mol. The third-order valence-corrected chi connectivity index (χ3v) is 3.08. The van der Waals surface area contributed by atoms with Crippen molar-refractivity contribution >= 4 is 11.6 Å². The first-order valence-electron chi connectivity index (χ1n) is 6.40. The number of carbonyl (C=O) groups excluding carboxylic acids is 1. The van der Waals surface area contributed by atoms with Gasteiger partial charge >= 0.3 is 0 Å². The van der Waals surface area contributed by atoms with Gasteiger partial charge in [0.2, 0.25) is 5.91 Å². The first kappa shape index (κ1) is 14.5. The summed E-state index contributed by atoms with van der Waals surface area (Å²) in [6, 6.07) is 14.6. The molecular weight excluding hydrogens is 269 g/mol. The van der Waals surface area contributed by atoms with Crippen LogP contribution >= 0.6 is 0 Å². The number of nitrogens with zero attached hydrogens (tertiary/aromatic N) is 1. The lowest BCUT2D eigenvalue weighted by molar-refractivity contribution is -0.118. The lowest BCUT2D eigenvalue weighted by Crippen LogP contribution is -2.37. The van der Waals surface area contributed by atoms with Crippen molar-refractivity contribution in [3.8, 4) is 6.07 Å². The third-order valence-electron chi connectivity index (χ3n) is 3.08. The highest BCUT2D eigenvalue weighted by atomic mass is 19.1. The zero-order valence-electron chi connectivity index (χ0n) is 11.2. The lowest BCUT2D eigenvalue weighted by Gasteiger charge is -2.17. The van der Waals surface area contributed by atoms with Crippen molar-refractivity contribution in [3.63, 3.8) is 0 Å². The van der Waals surface area contributed by atoms with Gasteiger partial charge in [-0.2, -0.15) is 5.26 Å². The van der Waals surface area contributed by atoms with Crippen LogP contribution < -0.4 is 11.1 Å². The SMILES string of the molecule is N#Cc1c(F)cccc1N[C@H](Cc1ccccc1)C(N)=O. The minimum atomic E-state index is -0.721. The van der Waals surface area contributed by atoms with Crippen LogP contribution in [0.4, 0.5) is 10.1 Å². The molecule has 0 fully saturated rings. The molecule has 0 saturated carbocycles.